The molecule has 0 unspecified atom stereocenters. The number of benzene rings is 23. The molecule has 27 aromatic rings. The molecule has 4 heteroatoms. The van der Waals surface area contributed by atoms with Crippen LogP contribution in [0.4, 0.5) is 0 Å². The normalized spacial score (nSPS) is 12.5. The minimum Gasteiger partial charge on any atom is -0.456 e. The first-order valence-corrected chi connectivity index (χ1v) is 46.6. The van der Waals surface area contributed by atoms with E-state index in [4.69, 9.17) is 8.83 Å². The number of para-hydroxylation sites is 1. The molecule has 0 bridgehead atoms. The summed E-state index contributed by atoms with van der Waals surface area (Å²) in [6, 6.07) is 160. The van der Waals surface area contributed by atoms with Crippen molar-refractivity contribution in [1.29, 1.82) is 0 Å². The summed E-state index contributed by atoms with van der Waals surface area (Å²) in [5, 5.41) is 26.4. The summed E-state index contributed by atoms with van der Waals surface area (Å²) in [6.45, 7) is 0. The van der Waals surface area contributed by atoms with Crippen LogP contribution in [0.2, 0.25) is 0 Å². The Labute approximate surface area is 764 Å². The number of fused-ring (bicyclic) bond motifs is 20. The topological polar surface area (TPSA) is 31.2 Å². The zero-order chi connectivity index (χ0) is 86.3. The quantitative estimate of drug-likeness (QED) is 0.121. The lowest BCUT2D eigenvalue weighted by atomic mass is 9.80. The van der Waals surface area contributed by atoms with Crippen LogP contribution >= 0.6 is 11.3 Å². The molecular weight excluding hydrogens is 1620 g/mol. The molecule has 4 aromatic heterocycles. The Morgan fingerprint density at radius 1 is 0.189 bits per heavy atom. The van der Waals surface area contributed by atoms with Crippen LogP contribution < -0.4 is 0 Å². The summed E-state index contributed by atoms with van der Waals surface area (Å²) in [6.07, 6.45) is 6.69. The summed E-state index contributed by atoms with van der Waals surface area (Å²) in [4.78, 5) is 0. The average Bonchev–Trinajstić information content (AvgIpc) is 1.52. The highest BCUT2D eigenvalue weighted by Gasteiger charge is 2.28. The van der Waals surface area contributed by atoms with Gasteiger partial charge < -0.3 is 13.4 Å². The van der Waals surface area contributed by atoms with Crippen molar-refractivity contribution < 1.29 is 8.83 Å². The number of hydrogen-bond acceptors (Lipinski definition) is 3. The Balaban J connectivity index is 0.494. The van der Waals surface area contributed by atoms with Gasteiger partial charge in [0.25, 0.3) is 0 Å². The van der Waals surface area contributed by atoms with E-state index in [1.54, 1.807) is 0 Å². The fraction of sp³-hybridized carbons (Fsp3) is 0.0156. The highest BCUT2D eigenvalue weighted by Crippen LogP contribution is 2.54. The van der Waals surface area contributed by atoms with E-state index >= 15 is 0 Å². The molecule has 0 amide bonds. The monoisotopic (exact) mass is 1690 g/mol. The number of nitrogens with zero attached hydrogens (tertiary/aromatic N) is 1. The second-order valence-corrected chi connectivity index (χ2v) is 36.8. The van der Waals surface area contributed by atoms with Crippen LogP contribution in [0.1, 0.15) is 17.5 Å². The number of hydrogen-bond donors (Lipinski definition) is 0. The predicted molar refractivity (Wildman–Crippen MR) is 562 cm³/mol. The first-order valence-electron chi connectivity index (χ1n) is 45.8. The summed E-state index contributed by atoms with van der Waals surface area (Å²) < 4.78 is 19.0. The summed E-state index contributed by atoms with van der Waals surface area (Å²) >= 11 is 1.87. The molecule has 4 heterocycles. The molecule has 132 heavy (non-hydrogen) atoms. The molecule has 23 aromatic carbocycles. The zero-order valence-electron chi connectivity index (χ0n) is 71.7. The Bertz CT molecular complexity index is 9480. The fourth-order valence-electron chi connectivity index (χ4n) is 22.8. The van der Waals surface area contributed by atoms with E-state index in [0.717, 1.165) is 101 Å². The molecule has 0 saturated carbocycles. The van der Waals surface area contributed by atoms with Crippen LogP contribution in [0.15, 0.2) is 446 Å². The van der Waals surface area contributed by atoms with Gasteiger partial charge in [0.15, 0.2) is 0 Å². The van der Waals surface area contributed by atoms with Crippen LogP contribution in [-0.4, -0.2) is 4.57 Å². The third-order valence-electron chi connectivity index (χ3n) is 28.6. The van der Waals surface area contributed by atoms with Crippen molar-refractivity contribution >= 4 is 179 Å². The summed E-state index contributed by atoms with van der Waals surface area (Å²) in [7, 11) is 0. The lowest BCUT2D eigenvalue weighted by Crippen LogP contribution is -2.02. The minimum absolute atomic E-state index is 0.860. The third-order valence-corrected chi connectivity index (χ3v) is 29.7. The maximum Gasteiger partial charge on any atom is 0.136 e. The van der Waals surface area contributed by atoms with E-state index < -0.39 is 0 Å². The van der Waals surface area contributed by atoms with Crippen molar-refractivity contribution in [2.75, 3.05) is 0 Å². The van der Waals surface area contributed by atoms with Crippen LogP contribution in [0.25, 0.3) is 284 Å². The van der Waals surface area contributed by atoms with E-state index in [1.165, 1.54) is 201 Å². The lowest BCUT2D eigenvalue weighted by molar-refractivity contribution is 0.668. The molecule has 28 rings (SSSR count). The van der Waals surface area contributed by atoms with Gasteiger partial charge in [-0.2, -0.15) is 0 Å². The SMILES string of the molecule is C1=Cc2c(c(-c3ccc4c(c3)oc3ccc(-c5c6ccccc6c(-n6c7ccccc7c7cc(-c8ccc(-c9cccc(-c%10c%11ccccc%11c(-c%11ccc%12c(c%11)oc%11ccc(-c%13c%14ccccc%14c(-c%14ccc%15sc%16ccc(-c%17ccccc%17)cc%16c%15c%14)c%14ccccc%13%14)cc%11%12)c%11ccccc%10%11)c9)cc8)ccc76)c6ccccc56)cc34)c3ccccc3c2-c2ccccc2)CC1. The minimum atomic E-state index is 0.860. The van der Waals surface area contributed by atoms with Crippen molar-refractivity contribution in [2.45, 2.75) is 12.8 Å². The molecule has 0 aliphatic heterocycles. The summed E-state index contributed by atoms with van der Waals surface area (Å²) in [5.41, 5.74) is 33.7. The Morgan fingerprint density at radius 3 is 1.01 bits per heavy atom. The van der Waals surface area contributed by atoms with E-state index in [1.807, 2.05) is 11.3 Å². The molecule has 0 N–H and O–H groups in total. The summed E-state index contributed by atoms with van der Waals surface area (Å²) in [5.74, 6) is 0. The van der Waals surface area contributed by atoms with Gasteiger partial charge in [-0.3, -0.25) is 0 Å². The van der Waals surface area contributed by atoms with Crippen molar-refractivity contribution in [3.05, 3.63) is 448 Å². The van der Waals surface area contributed by atoms with Gasteiger partial charge in [0.1, 0.15) is 22.3 Å². The molecule has 3 nitrogen and oxygen atoms in total. The van der Waals surface area contributed by atoms with Gasteiger partial charge in [0, 0.05) is 63.3 Å². The van der Waals surface area contributed by atoms with Gasteiger partial charge in [-0.15, -0.1) is 11.3 Å². The van der Waals surface area contributed by atoms with Crippen LogP contribution in [0, 0.1) is 0 Å². The van der Waals surface area contributed by atoms with Crippen molar-refractivity contribution in [3.8, 4) is 117 Å². The molecule has 1 aliphatic rings. The number of aromatic nitrogens is 1. The number of thiophene rings is 1. The van der Waals surface area contributed by atoms with Crippen LogP contribution in [-0.2, 0) is 6.42 Å². The van der Waals surface area contributed by atoms with Crippen molar-refractivity contribution in [1.82, 2.24) is 4.57 Å². The smallest absolute Gasteiger partial charge is 0.136 e. The highest BCUT2D eigenvalue weighted by atomic mass is 32.1. The highest BCUT2D eigenvalue weighted by molar-refractivity contribution is 7.25. The van der Waals surface area contributed by atoms with Crippen molar-refractivity contribution in [3.63, 3.8) is 0 Å². The van der Waals surface area contributed by atoms with Gasteiger partial charge in [0.2, 0.25) is 0 Å². The number of rotatable bonds is 11. The maximum atomic E-state index is 6.98. The maximum absolute atomic E-state index is 6.98. The first-order chi connectivity index (χ1) is 65.5. The average molecular weight is 1690 g/mol. The van der Waals surface area contributed by atoms with E-state index in [2.05, 4.69) is 447 Å². The van der Waals surface area contributed by atoms with Gasteiger partial charge in [0.05, 0.1) is 16.7 Å². The molecular formula is C128H77NO2S. The third kappa shape index (κ3) is 11.4. The molecule has 612 valence electrons. The van der Waals surface area contributed by atoms with E-state index in [0.29, 0.717) is 0 Å². The Kier molecular flexibility index (Phi) is 16.6. The molecule has 0 radical (unpaired) electrons. The molecule has 0 saturated heterocycles. The first kappa shape index (κ1) is 74.3. The van der Waals surface area contributed by atoms with Crippen LogP contribution in [0.3, 0.4) is 0 Å². The zero-order valence-corrected chi connectivity index (χ0v) is 72.5. The second kappa shape index (κ2) is 29.4. The van der Waals surface area contributed by atoms with E-state index in [9.17, 15) is 0 Å². The molecule has 0 atom stereocenters. The predicted octanol–water partition coefficient (Wildman–Crippen LogP) is 36.7. The largest absolute Gasteiger partial charge is 0.456 e. The molecule has 0 spiro atoms. The van der Waals surface area contributed by atoms with Gasteiger partial charge in [-0.25, -0.2) is 0 Å². The fourth-order valence-corrected chi connectivity index (χ4v) is 23.9. The molecule has 1 aliphatic carbocycles. The standard InChI is InChI=1S/C128H77NO2S/c1-3-26-76(27-4-1)82-59-66-119-111(70-82)112-73-86(60-67-120(112)132-119)124-100-41-15-13-39-98(100)123(99-40-14-16-42-101(99)124)84-57-64-115-109(71-84)90-62-55-88(75-118(90)130-115)127-102-43-17-11-37-96(102)122(97-38-12-18-44-103(97)127)83-31-25-30-80(68-83)77-50-52-78(53-51-77)81-56-63-114-108(69-81)89-32-23-24-49-113(89)129(114)128-106-47-21-19-45-104(106)125(105-46-20-22-48-107(105)128)85-58-65-116-110(72-85)91-61-54-87(74-117(91)131-116)126-94-35-9-7-33-92(94)121(79-28-5-2-6-29-79)93-34-8-10-36-95(93)126/h1-9,11-35,37-75H,10,36H2. The molecule has 0 fully saturated rings. The van der Waals surface area contributed by atoms with Gasteiger partial charge in [-0.05, 0) is 297 Å². The van der Waals surface area contributed by atoms with Crippen LogP contribution in [0.5, 0.6) is 0 Å². The number of allylic oxidation sites excluding steroid dienone is 1. The Morgan fingerprint density at radius 2 is 0.508 bits per heavy atom. The lowest BCUT2D eigenvalue weighted by Gasteiger charge is -2.23. The second-order valence-electron chi connectivity index (χ2n) is 35.7. The van der Waals surface area contributed by atoms with Gasteiger partial charge in [-0.1, -0.05) is 346 Å². The Hall–Kier alpha value is -16.8. The van der Waals surface area contributed by atoms with E-state index in [-0.39, 0.29) is 0 Å². The number of furan rings is 2. The van der Waals surface area contributed by atoms with Crippen molar-refractivity contribution in [2.24, 2.45) is 0 Å². The van der Waals surface area contributed by atoms with Gasteiger partial charge >= 0.3 is 0 Å².